The maximum absolute atomic E-state index is 11.8. The van der Waals surface area contributed by atoms with Gasteiger partial charge in [-0.25, -0.2) is 13.4 Å². The quantitative estimate of drug-likeness (QED) is 0.885. The fraction of sp³-hybridized carbons (Fsp3) is 0.692. The Morgan fingerprint density at radius 2 is 2.25 bits per heavy atom. The molecule has 0 aliphatic carbocycles. The van der Waals surface area contributed by atoms with Crippen molar-refractivity contribution in [3.63, 3.8) is 0 Å². The number of imidazole rings is 1. The van der Waals surface area contributed by atoms with Crippen molar-refractivity contribution in [3.8, 4) is 0 Å². The molecule has 1 saturated heterocycles. The standard InChI is InChI=1S/C13H18N2O4S/c16-13(17)9-3-4-15-8-10(14-12(15)6-9)7-11-2-1-5-20(11,18)19/h8-9,11H,1-7H2,(H,16,17). The molecule has 110 valence electrons. The first kappa shape index (κ1) is 13.6. The van der Waals surface area contributed by atoms with Crippen molar-refractivity contribution < 1.29 is 18.3 Å². The third kappa shape index (κ3) is 2.46. The van der Waals surface area contributed by atoms with Gasteiger partial charge in [0.15, 0.2) is 9.84 Å². The number of rotatable bonds is 3. The van der Waals surface area contributed by atoms with Crippen molar-refractivity contribution >= 4 is 15.8 Å². The van der Waals surface area contributed by atoms with Crippen LogP contribution in [0.25, 0.3) is 0 Å². The largest absolute Gasteiger partial charge is 0.481 e. The minimum Gasteiger partial charge on any atom is -0.481 e. The predicted octanol–water partition coefficient (Wildman–Crippen LogP) is 0.650. The molecule has 2 aliphatic rings. The Morgan fingerprint density at radius 1 is 1.45 bits per heavy atom. The summed E-state index contributed by atoms with van der Waals surface area (Å²) in [6.07, 6.45) is 4.85. The number of hydrogen-bond acceptors (Lipinski definition) is 4. The minimum absolute atomic E-state index is 0.284. The molecular weight excluding hydrogens is 280 g/mol. The molecule has 2 atom stereocenters. The monoisotopic (exact) mass is 298 g/mol. The average molecular weight is 298 g/mol. The summed E-state index contributed by atoms with van der Waals surface area (Å²) in [5.74, 6) is -0.0899. The van der Waals surface area contributed by atoms with E-state index in [0.29, 0.717) is 32.2 Å². The highest BCUT2D eigenvalue weighted by Gasteiger charge is 2.33. The van der Waals surface area contributed by atoms with Gasteiger partial charge in [-0.2, -0.15) is 0 Å². The van der Waals surface area contributed by atoms with E-state index in [-0.39, 0.29) is 16.9 Å². The summed E-state index contributed by atoms with van der Waals surface area (Å²) in [5.41, 5.74) is 0.779. The van der Waals surface area contributed by atoms with Crippen LogP contribution in [0.3, 0.4) is 0 Å². The average Bonchev–Trinajstić information content (AvgIpc) is 2.92. The maximum Gasteiger partial charge on any atom is 0.307 e. The molecule has 2 unspecified atom stereocenters. The van der Waals surface area contributed by atoms with E-state index in [4.69, 9.17) is 5.11 Å². The SMILES string of the molecule is O=C(O)C1CCn2cc(CC3CCCS3(=O)=O)nc2C1. The summed E-state index contributed by atoms with van der Waals surface area (Å²) in [6, 6.07) is 0. The van der Waals surface area contributed by atoms with Gasteiger partial charge in [-0.1, -0.05) is 0 Å². The highest BCUT2D eigenvalue weighted by Crippen LogP contribution is 2.25. The minimum atomic E-state index is -2.95. The Bertz CT molecular complexity index is 635. The van der Waals surface area contributed by atoms with Gasteiger partial charge in [0.05, 0.1) is 22.6 Å². The molecule has 1 aromatic rings. The Hall–Kier alpha value is -1.37. The Balaban J connectivity index is 1.76. The van der Waals surface area contributed by atoms with Crippen molar-refractivity contribution in [1.82, 2.24) is 9.55 Å². The zero-order chi connectivity index (χ0) is 14.3. The fourth-order valence-corrected chi connectivity index (χ4v) is 4.97. The lowest BCUT2D eigenvalue weighted by Crippen LogP contribution is -2.25. The first-order chi connectivity index (χ1) is 9.45. The zero-order valence-electron chi connectivity index (χ0n) is 11.2. The number of nitrogens with zero attached hydrogens (tertiary/aromatic N) is 2. The highest BCUT2D eigenvalue weighted by atomic mass is 32.2. The lowest BCUT2D eigenvalue weighted by Gasteiger charge is -2.19. The van der Waals surface area contributed by atoms with Crippen molar-refractivity contribution in [1.29, 1.82) is 0 Å². The highest BCUT2D eigenvalue weighted by molar-refractivity contribution is 7.92. The molecule has 0 aromatic carbocycles. The number of hydrogen-bond donors (Lipinski definition) is 1. The summed E-state index contributed by atoms with van der Waals surface area (Å²) in [7, 11) is -2.95. The lowest BCUT2D eigenvalue weighted by atomic mass is 9.98. The van der Waals surface area contributed by atoms with E-state index in [1.54, 1.807) is 0 Å². The van der Waals surface area contributed by atoms with Gasteiger partial charge < -0.3 is 9.67 Å². The normalized spacial score (nSPS) is 28.2. The molecule has 2 aliphatic heterocycles. The molecule has 1 fully saturated rings. The van der Waals surface area contributed by atoms with Crippen molar-refractivity contribution in [2.75, 3.05) is 5.75 Å². The molecule has 3 heterocycles. The van der Waals surface area contributed by atoms with E-state index in [0.717, 1.165) is 17.9 Å². The third-order valence-corrected chi connectivity index (χ3v) is 6.58. The van der Waals surface area contributed by atoms with Crippen molar-refractivity contribution in [2.24, 2.45) is 5.92 Å². The number of carbonyl (C=O) groups is 1. The Labute approximate surface area is 117 Å². The molecule has 0 spiro atoms. The molecule has 1 N–H and O–H groups in total. The van der Waals surface area contributed by atoms with Crippen LogP contribution in [0.4, 0.5) is 0 Å². The molecule has 1 aromatic heterocycles. The van der Waals surface area contributed by atoms with E-state index < -0.39 is 15.8 Å². The number of aryl methyl sites for hydroxylation is 1. The van der Waals surface area contributed by atoms with E-state index >= 15 is 0 Å². The number of carboxylic acid groups (broad SMARTS) is 1. The van der Waals surface area contributed by atoms with Crippen LogP contribution < -0.4 is 0 Å². The first-order valence-corrected chi connectivity index (χ1v) is 8.66. The topological polar surface area (TPSA) is 89.3 Å². The van der Waals surface area contributed by atoms with Crippen LogP contribution in [-0.2, 0) is 34.0 Å². The van der Waals surface area contributed by atoms with Crippen molar-refractivity contribution in [3.05, 3.63) is 17.7 Å². The second kappa shape index (κ2) is 4.87. The summed E-state index contributed by atoms with van der Waals surface area (Å²) in [4.78, 5) is 15.5. The summed E-state index contributed by atoms with van der Waals surface area (Å²) >= 11 is 0. The van der Waals surface area contributed by atoms with Gasteiger partial charge in [0, 0.05) is 25.6 Å². The molecule has 0 saturated carbocycles. The Kier molecular flexibility index (Phi) is 3.32. The van der Waals surface area contributed by atoms with Gasteiger partial charge in [-0.05, 0) is 19.3 Å². The summed E-state index contributed by atoms with van der Waals surface area (Å²) < 4.78 is 25.6. The predicted molar refractivity (Wildman–Crippen MR) is 72.2 cm³/mol. The third-order valence-electron chi connectivity index (χ3n) is 4.31. The van der Waals surface area contributed by atoms with Gasteiger partial charge in [0.25, 0.3) is 0 Å². The van der Waals surface area contributed by atoms with Crippen molar-refractivity contribution in [2.45, 2.75) is 43.9 Å². The van der Waals surface area contributed by atoms with Crippen LogP contribution in [0.1, 0.15) is 30.8 Å². The van der Waals surface area contributed by atoms with E-state index in [1.165, 1.54) is 0 Å². The number of aromatic nitrogens is 2. The fourth-order valence-electron chi connectivity index (χ4n) is 3.12. The number of carboxylic acids is 1. The molecule has 6 nitrogen and oxygen atoms in total. The first-order valence-electron chi connectivity index (χ1n) is 6.95. The van der Waals surface area contributed by atoms with E-state index in [9.17, 15) is 13.2 Å². The van der Waals surface area contributed by atoms with Gasteiger partial charge >= 0.3 is 5.97 Å². The number of aliphatic carboxylic acids is 1. The number of fused-ring (bicyclic) bond motifs is 1. The number of sulfone groups is 1. The molecule has 3 rings (SSSR count). The molecule has 7 heteroatoms. The molecule has 0 radical (unpaired) electrons. The molecule has 20 heavy (non-hydrogen) atoms. The van der Waals surface area contributed by atoms with Gasteiger partial charge in [-0.15, -0.1) is 0 Å². The van der Waals surface area contributed by atoms with E-state index in [1.807, 2.05) is 10.8 Å². The lowest BCUT2D eigenvalue weighted by molar-refractivity contribution is -0.142. The van der Waals surface area contributed by atoms with Crippen LogP contribution in [0.5, 0.6) is 0 Å². The summed E-state index contributed by atoms with van der Waals surface area (Å²) in [6.45, 7) is 0.650. The second-order valence-corrected chi connectivity index (χ2v) is 8.11. The molecular formula is C13H18N2O4S. The smallest absolute Gasteiger partial charge is 0.307 e. The van der Waals surface area contributed by atoms with E-state index in [2.05, 4.69) is 4.98 Å². The second-order valence-electron chi connectivity index (χ2n) is 5.71. The van der Waals surface area contributed by atoms with Gasteiger partial charge in [0.2, 0.25) is 0 Å². The van der Waals surface area contributed by atoms with Gasteiger partial charge in [0.1, 0.15) is 5.82 Å². The van der Waals surface area contributed by atoms with Crippen LogP contribution >= 0.6 is 0 Å². The van der Waals surface area contributed by atoms with Crippen LogP contribution in [0.2, 0.25) is 0 Å². The molecule has 0 amide bonds. The zero-order valence-corrected chi connectivity index (χ0v) is 12.0. The van der Waals surface area contributed by atoms with Crippen LogP contribution in [0.15, 0.2) is 6.20 Å². The Morgan fingerprint density at radius 3 is 2.90 bits per heavy atom. The van der Waals surface area contributed by atoms with Crippen LogP contribution in [-0.4, -0.2) is 40.0 Å². The maximum atomic E-state index is 11.8. The van der Waals surface area contributed by atoms with Crippen LogP contribution in [0, 0.1) is 5.92 Å². The van der Waals surface area contributed by atoms with Gasteiger partial charge in [-0.3, -0.25) is 4.79 Å². The molecule has 0 bridgehead atoms. The summed E-state index contributed by atoms with van der Waals surface area (Å²) in [5, 5.41) is 8.74.